The average Bonchev–Trinajstić information content (AvgIpc) is 2.01. The Morgan fingerprint density at radius 2 is 2.21 bits per heavy atom. The molecule has 1 rings (SSSR count). The molecule has 0 aliphatic heterocycles. The van der Waals surface area contributed by atoms with Gasteiger partial charge < -0.3 is 5.11 Å². The molecule has 76 valence electrons. The third kappa shape index (κ3) is 3.20. The molecule has 0 bridgehead atoms. The van der Waals surface area contributed by atoms with Crippen LogP contribution in [0.1, 0.15) is 12.5 Å². The summed E-state index contributed by atoms with van der Waals surface area (Å²) in [5.74, 6) is -0.713. The van der Waals surface area contributed by atoms with E-state index >= 15 is 0 Å². The van der Waals surface area contributed by atoms with Gasteiger partial charge in [0.05, 0.1) is 0 Å². The van der Waals surface area contributed by atoms with Gasteiger partial charge in [0.1, 0.15) is 11.9 Å². The molecule has 1 aromatic rings. The van der Waals surface area contributed by atoms with E-state index in [-0.39, 0.29) is 12.2 Å². The number of halogens is 2. The molecule has 0 radical (unpaired) electrons. The summed E-state index contributed by atoms with van der Waals surface area (Å²) in [7, 11) is 0. The number of Topliss-reactive ketones (excluding diaryl/α,β-unsaturated/α-hetero) is 1. The standard InChI is InChI=1S/C10H10BrFO2/c1-6(13)10(14)4-7-2-8(11)5-9(12)3-7/h2-3,5-6,13H,4H2,1H3. The Morgan fingerprint density at radius 1 is 1.57 bits per heavy atom. The van der Waals surface area contributed by atoms with Crippen LogP contribution in [-0.4, -0.2) is 17.0 Å². The highest BCUT2D eigenvalue weighted by atomic mass is 79.9. The number of aliphatic hydroxyl groups is 1. The molecule has 0 spiro atoms. The molecule has 0 saturated carbocycles. The lowest BCUT2D eigenvalue weighted by atomic mass is 10.1. The molecule has 0 heterocycles. The van der Waals surface area contributed by atoms with Gasteiger partial charge >= 0.3 is 0 Å². The third-order valence-corrected chi connectivity index (χ3v) is 2.22. The van der Waals surface area contributed by atoms with Crippen molar-refractivity contribution in [3.63, 3.8) is 0 Å². The first-order valence-corrected chi connectivity index (χ1v) is 4.94. The van der Waals surface area contributed by atoms with Crippen LogP contribution in [0.15, 0.2) is 22.7 Å². The van der Waals surface area contributed by atoms with E-state index < -0.39 is 11.9 Å². The van der Waals surface area contributed by atoms with Crippen molar-refractivity contribution in [3.05, 3.63) is 34.1 Å². The number of ketones is 1. The summed E-state index contributed by atoms with van der Waals surface area (Å²) in [5, 5.41) is 8.97. The Hall–Kier alpha value is -0.740. The van der Waals surface area contributed by atoms with Gasteiger partial charge in [-0.3, -0.25) is 4.79 Å². The van der Waals surface area contributed by atoms with Crippen molar-refractivity contribution in [2.24, 2.45) is 0 Å². The van der Waals surface area contributed by atoms with Gasteiger partial charge in [-0.25, -0.2) is 4.39 Å². The molecule has 1 N–H and O–H groups in total. The lowest BCUT2D eigenvalue weighted by Gasteiger charge is -2.04. The second kappa shape index (κ2) is 4.66. The first-order valence-electron chi connectivity index (χ1n) is 4.15. The van der Waals surface area contributed by atoms with Crippen LogP contribution >= 0.6 is 15.9 Å². The van der Waals surface area contributed by atoms with E-state index in [0.29, 0.717) is 10.0 Å². The fraction of sp³-hybridized carbons (Fsp3) is 0.300. The zero-order valence-corrected chi connectivity index (χ0v) is 9.21. The summed E-state index contributed by atoms with van der Waals surface area (Å²) in [6.45, 7) is 1.40. The summed E-state index contributed by atoms with van der Waals surface area (Å²) in [6, 6.07) is 4.25. The highest BCUT2D eigenvalue weighted by Crippen LogP contribution is 2.15. The first kappa shape index (κ1) is 11.3. The van der Waals surface area contributed by atoms with Gasteiger partial charge in [0, 0.05) is 10.9 Å². The van der Waals surface area contributed by atoms with Crippen molar-refractivity contribution in [2.45, 2.75) is 19.4 Å². The Balaban J connectivity index is 2.82. The number of hydrogen-bond acceptors (Lipinski definition) is 2. The monoisotopic (exact) mass is 260 g/mol. The van der Waals surface area contributed by atoms with Crippen molar-refractivity contribution in [2.75, 3.05) is 0 Å². The Bertz CT molecular complexity index is 330. The average molecular weight is 261 g/mol. The summed E-state index contributed by atoms with van der Waals surface area (Å²) in [4.78, 5) is 11.1. The van der Waals surface area contributed by atoms with Crippen molar-refractivity contribution >= 4 is 21.7 Å². The fourth-order valence-electron chi connectivity index (χ4n) is 1.06. The zero-order valence-electron chi connectivity index (χ0n) is 7.63. The maximum Gasteiger partial charge on any atom is 0.165 e. The van der Waals surface area contributed by atoms with E-state index in [1.54, 1.807) is 6.07 Å². The first-order chi connectivity index (χ1) is 6.49. The Morgan fingerprint density at radius 3 is 2.71 bits per heavy atom. The minimum Gasteiger partial charge on any atom is -0.386 e. The predicted molar refractivity (Wildman–Crippen MR) is 54.5 cm³/mol. The lowest BCUT2D eigenvalue weighted by Crippen LogP contribution is -2.18. The van der Waals surface area contributed by atoms with Crippen LogP contribution in [-0.2, 0) is 11.2 Å². The number of carbonyl (C=O) groups is 1. The van der Waals surface area contributed by atoms with Gasteiger partial charge in [0.25, 0.3) is 0 Å². The second-order valence-electron chi connectivity index (χ2n) is 3.10. The van der Waals surface area contributed by atoms with E-state index in [2.05, 4.69) is 15.9 Å². The van der Waals surface area contributed by atoms with E-state index in [1.165, 1.54) is 19.1 Å². The van der Waals surface area contributed by atoms with Crippen molar-refractivity contribution in [1.29, 1.82) is 0 Å². The smallest absolute Gasteiger partial charge is 0.165 e. The van der Waals surface area contributed by atoms with Crippen molar-refractivity contribution in [1.82, 2.24) is 0 Å². The normalized spacial score (nSPS) is 12.6. The molecule has 14 heavy (non-hydrogen) atoms. The lowest BCUT2D eigenvalue weighted by molar-refractivity contribution is -0.125. The molecule has 0 saturated heterocycles. The van der Waals surface area contributed by atoms with Crippen molar-refractivity contribution in [3.8, 4) is 0 Å². The van der Waals surface area contributed by atoms with Gasteiger partial charge in [-0.05, 0) is 30.7 Å². The topological polar surface area (TPSA) is 37.3 Å². The number of hydrogen-bond donors (Lipinski definition) is 1. The predicted octanol–water partition coefficient (Wildman–Crippen LogP) is 2.08. The van der Waals surface area contributed by atoms with E-state index in [1.807, 2.05) is 0 Å². The summed E-state index contributed by atoms with van der Waals surface area (Å²) in [5.41, 5.74) is 0.558. The molecular weight excluding hydrogens is 251 g/mol. The van der Waals surface area contributed by atoms with Crippen LogP contribution in [0.2, 0.25) is 0 Å². The van der Waals surface area contributed by atoms with Gasteiger partial charge in [-0.1, -0.05) is 15.9 Å². The molecule has 0 aliphatic rings. The van der Waals surface area contributed by atoms with Crippen LogP contribution < -0.4 is 0 Å². The van der Waals surface area contributed by atoms with Crippen LogP contribution in [0.5, 0.6) is 0 Å². The number of rotatable bonds is 3. The molecule has 1 atom stereocenters. The molecule has 0 amide bonds. The van der Waals surface area contributed by atoms with Crippen LogP contribution in [0.4, 0.5) is 4.39 Å². The minimum absolute atomic E-state index is 0.0496. The molecule has 0 aliphatic carbocycles. The Kier molecular flexibility index (Phi) is 3.77. The summed E-state index contributed by atoms with van der Waals surface area (Å²) < 4.78 is 13.5. The highest BCUT2D eigenvalue weighted by Gasteiger charge is 2.10. The molecule has 2 nitrogen and oxygen atoms in total. The number of aliphatic hydroxyl groups excluding tert-OH is 1. The van der Waals surface area contributed by atoms with Gasteiger partial charge in [-0.15, -0.1) is 0 Å². The van der Waals surface area contributed by atoms with Crippen LogP contribution in [0.3, 0.4) is 0 Å². The third-order valence-electron chi connectivity index (χ3n) is 1.77. The molecule has 1 unspecified atom stereocenters. The minimum atomic E-state index is -1.00. The quantitative estimate of drug-likeness (QED) is 0.904. The van der Waals surface area contributed by atoms with Crippen molar-refractivity contribution < 1.29 is 14.3 Å². The van der Waals surface area contributed by atoms with E-state index in [0.717, 1.165) is 0 Å². The second-order valence-corrected chi connectivity index (χ2v) is 4.01. The van der Waals surface area contributed by atoms with Gasteiger partial charge in [0.15, 0.2) is 5.78 Å². The Labute approximate surface area is 89.9 Å². The molecule has 4 heteroatoms. The molecule has 0 fully saturated rings. The molecule has 0 aromatic heterocycles. The summed E-state index contributed by atoms with van der Waals surface area (Å²) in [6.07, 6.45) is -0.953. The number of benzene rings is 1. The maximum atomic E-state index is 12.9. The zero-order chi connectivity index (χ0) is 10.7. The van der Waals surface area contributed by atoms with Gasteiger partial charge in [-0.2, -0.15) is 0 Å². The van der Waals surface area contributed by atoms with Gasteiger partial charge in [0.2, 0.25) is 0 Å². The SMILES string of the molecule is CC(O)C(=O)Cc1cc(F)cc(Br)c1. The molecule has 1 aromatic carbocycles. The highest BCUT2D eigenvalue weighted by molar-refractivity contribution is 9.10. The number of carbonyl (C=O) groups excluding carboxylic acids is 1. The maximum absolute atomic E-state index is 12.9. The van der Waals surface area contributed by atoms with Crippen LogP contribution in [0, 0.1) is 5.82 Å². The summed E-state index contributed by atoms with van der Waals surface area (Å²) >= 11 is 3.13. The largest absolute Gasteiger partial charge is 0.386 e. The van der Waals surface area contributed by atoms with E-state index in [4.69, 9.17) is 5.11 Å². The fourth-order valence-corrected chi connectivity index (χ4v) is 1.57. The molecular formula is C10H10BrFO2. The van der Waals surface area contributed by atoms with E-state index in [9.17, 15) is 9.18 Å². The van der Waals surface area contributed by atoms with Crippen LogP contribution in [0.25, 0.3) is 0 Å².